The van der Waals surface area contributed by atoms with E-state index >= 15 is 0 Å². The number of rotatable bonds is 9. The molecule has 0 spiro atoms. The van der Waals surface area contributed by atoms with Crippen molar-refractivity contribution < 1.29 is 23.8 Å². The summed E-state index contributed by atoms with van der Waals surface area (Å²) in [7, 11) is 0. The summed E-state index contributed by atoms with van der Waals surface area (Å²) in [6.45, 7) is 5.07. The van der Waals surface area contributed by atoms with Gasteiger partial charge in [-0.3, -0.25) is 4.79 Å². The summed E-state index contributed by atoms with van der Waals surface area (Å²) in [4.78, 5) is 19.3. The molecule has 0 bridgehead atoms. The predicted molar refractivity (Wildman–Crippen MR) is 109 cm³/mol. The van der Waals surface area contributed by atoms with Crippen LogP contribution in [-0.4, -0.2) is 56.5 Å². The second-order valence-electron chi connectivity index (χ2n) is 6.41. The first-order chi connectivity index (χ1) is 14.3. The average Bonchev–Trinajstić information content (AvgIpc) is 2.77. The number of nitrogens with zero attached hydrogens (tertiary/aromatic N) is 2. The Labute approximate surface area is 170 Å². The minimum atomic E-state index is -0.0595. The molecular formula is C22H26N2O5. The van der Waals surface area contributed by atoms with Crippen molar-refractivity contribution in [3.8, 4) is 11.5 Å². The van der Waals surface area contributed by atoms with Gasteiger partial charge in [0, 0.05) is 18.7 Å². The molecule has 7 heteroatoms. The van der Waals surface area contributed by atoms with Gasteiger partial charge in [-0.25, -0.2) is 0 Å². The van der Waals surface area contributed by atoms with Crippen molar-refractivity contribution in [3.63, 3.8) is 0 Å². The molecule has 1 heterocycles. The van der Waals surface area contributed by atoms with Crippen LogP contribution in [0.15, 0.2) is 53.7 Å². The van der Waals surface area contributed by atoms with E-state index in [9.17, 15) is 4.79 Å². The molecule has 0 aromatic heterocycles. The second kappa shape index (κ2) is 11.1. The fourth-order valence-electron chi connectivity index (χ4n) is 2.82. The lowest BCUT2D eigenvalue weighted by molar-refractivity contribution is -0.137. The van der Waals surface area contributed by atoms with Gasteiger partial charge in [-0.1, -0.05) is 35.5 Å². The summed E-state index contributed by atoms with van der Waals surface area (Å²) in [5.41, 5.74) is 1.86. The van der Waals surface area contributed by atoms with E-state index in [0.29, 0.717) is 51.0 Å². The summed E-state index contributed by atoms with van der Waals surface area (Å²) >= 11 is 0. The van der Waals surface area contributed by atoms with E-state index in [1.54, 1.807) is 17.2 Å². The van der Waals surface area contributed by atoms with E-state index in [4.69, 9.17) is 19.0 Å². The molecule has 1 aliphatic heterocycles. The van der Waals surface area contributed by atoms with Crippen molar-refractivity contribution in [1.82, 2.24) is 4.90 Å². The Balaban J connectivity index is 1.55. The Kier molecular flexibility index (Phi) is 7.89. The van der Waals surface area contributed by atoms with Gasteiger partial charge in [-0.2, -0.15) is 0 Å². The molecule has 0 atom stereocenters. The molecule has 0 saturated carbocycles. The molecule has 29 heavy (non-hydrogen) atoms. The molecule has 154 valence electrons. The van der Waals surface area contributed by atoms with Crippen LogP contribution in [0, 0.1) is 0 Å². The molecular weight excluding hydrogens is 372 g/mol. The third kappa shape index (κ3) is 6.50. The highest BCUT2D eigenvalue weighted by Crippen LogP contribution is 2.28. The normalized spacial score (nSPS) is 14.0. The summed E-state index contributed by atoms with van der Waals surface area (Å²) in [6.07, 6.45) is 1.62. The Hall–Kier alpha value is -3.06. The van der Waals surface area contributed by atoms with Crippen molar-refractivity contribution in [2.75, 3.05) is 39.5 Å². The number of carbonyl (C=O) groups is 1. The Bertz CT molecular complexity index is 804. The lowest BCUT2D eigenvalue weighted by Gasteiger charge is -2.26. The van der Waals surface area contributed by atoms with Crippen LogP contribution >= 0.6 is 0 Å². The maximum absolute atomic E-state index is 12.3. The molecule has 7 nitrogen and oxygen atoms in total. The molecule has 0 N–H and O–H groups in total. The fourth-order valence-corrected chi connectivity index (χ4v) is 2.82. The molecule has 1 fully saturated rings. The molecule has 1 aliphatic rings. The molecule has 2 aromatic carbocycles. The largest absolute Gasteiger partial charge is 0.490 e. The van der Waals surface area contributed by atoms with Crippen molar-refractivity contribution in [1.29, 1.82) is 0 Å². The van der Waals surface area contributed by atoms with Crippen LogP contribution in [0.1, 0.15) is 18.1 Å². The van der Waals surface area contributed by atoms with Crippen LogP contribution in [0.5, 0.6) is 11.5 Å². The van der Waals surface area contributed by atoms with Crippen molar-refractivity contribution in [3.05, 3.63) is 59.7 Å². The number of morpholine rings is 1. The quantitative estimate of drug-likeness (QED) is 0.480. The number of benzene rings is 2. The van der Waals surface area contributed by atoms with Crippen LogP contribution in [0.2, 0.25) is 0 Å². The predicted octanol–water partition coefficient (Wildman–Crippen LogP) is 2.87. The number of carbonyl (C=O) groups excluding carboxylic acids is 1. The number of hydrogen-bond donors (Lipinski definition) is 0. The molecule has 1 saturated heterocycles. The van der Waals surface area contributed by atoms with E-state index in [2.05, 4.69) is 5.16 Å². The molecule has 1 amide bonds. The maximum atomic E-state index is 12.3. The second-order valence-corrected chi connectivity index (χ2v) is 6.41. The Morgan fingerprint density at radius 2 is 1.90 bits per heavy atom. The zero-order valence-electron chi connectivity index (χ0n) is 16.6. The lowest BCUT2D eigenvalue weighted by atomic mass is 10.2. The summed E-state index contributed by atoms with van der Waals surface area (Å²) in [5, 5.41) is 4.01. The molecule has 3 rings (SSSR count). The van der Waals surface area contributed by atoms with E-state index < -0.39 is 0 Å². The maximum Gasteiger partial charge on any atom is 0.260 e. The monoisotopic (exact) mass is 398 g/mol. The van der Waals surface area contributed by atoms with Crippen LogP contribution in [0.25, 0.3) is 0 Å². The van der Waals surface area contributed by atoms with Crippen LogP contribution in [0.4, 0.5) is 0 Å². The topological polar surface area (TPSA) is 69.6 Å². The van der Waals surface area contributed by atoms with Gasteiger partial charge in [0.05, 0.1) is 26.0 Å². The highest BCUT2D eigenvalue weighted by atomic mass is 16.6. The Morgan fingerprint density at radius 3 is 2.66 bits per heavy atom. The van der Waals surface area contributed by atoms with Gasteiger partial charge in [-0.05, 0) is 30.7 Å². The SMILES string of the molecule is CCOc1cc(/C=N/OCc2ccccc2)ccc1OCC(=O)N1CCOCC1. The van der Waals surface area contributed by atoms with E-state index in [1.165, 1.54) is 0 Å². The number of ether oxygens (including phenoxy) is 3. The first-order valence-electron chi connectivity index (χ1n) is 9.70. The van der Waals surface area contributed by atoms with Crippen LogP contribution < -0.4 is 9.47 Å². The van der Waals surface area contributed by atoms with Gasteiger partial charge in [0.2, 0.25) is 0 Å². The summed E-state index contributed by atoms with van der Waals surface area (Å²) in [6, 6.07) is 15.3. The van der Waals surface area contributed by atoms with Gasteiger partial charge in [-0.15, -0.1) is 0 Å². The van der Waals surface area contributed by atoms with Gasteiger partial charge in [0.15, 0.2) is 18.1 Å². The first-order valence-corrected chi connectivity index (χ1v) is 9.70. The van der Waals surface area contributed by atoms with Crippen LogP contribution in [-0.2, 0) is 21.0 Å². The van der Waals surface area contributed by atoms with Crippen molar-refractivity contribution >= 4 is 12.1 Å². The van der Waals surface area contributed by atoms with Gasteiger partial charge >= 0.3 is 0 Å². The number of hydrogen-bond acceptors (Lipinski definition) is 6. The third-order valence-electron chi connectivity index (χ3n) is 4.33. The summed E-state index contributed by atoms with van der Waals surface area (Å²) < 4.78 is 16.6. The minimum Gasteiger partial charge on any atom is -0.490 e. The van der Waals surface area contributed by atoms with E-state index in [0.717, 1.165) is 11.1 Å². The highest BCUT2D eigenvalue weighted by molar-refractivity contribution is 5.81. The lowest BCUT2D eigenvalue weighted by Crippen LogP contribution is -2.43. The number of oxime groups is 1. The average molecular weight is 398 g/mol. The van der Waals surface area contributed by atoms with Gasteiger partial charge in [0.1, 0.15) is 6.61 Å². The fraction of sp³-hybridized carbons (Fsp3) is 0.364. The summed E-state index contributed by atoms with van der Waals surface area (Å²) in [5.74, 6) is 1.03. The van der Waals surface area contributed by atoms with Crippen LogP contribution in [0.3, 0.4) is 0 Å². The number of amides is 1. The van der Waals surface area contributed by atoms with Gasteiger partial charge in [0.25, 0.3) is 5.91 Å². The van der Waals surface area contributed by atoms with E-state index in [1.807, 2.05) is 49.4 Å². The molecule has 0 aliphatic carbocycles. The Morgan fingerprint density at radius 1 is 1.10 bits per heavy atom. The third-order valence-corrected chi connectivity index (χ3v) is 4.33. The van der Waals surface area contributed by atoms with E-state index in [-0.39, 0.29) is 12.5 Å². The molecule has 2 aromatic rings. The smallest absolute Gasteiger partial charge is 0.260 e. The van der Waals surface area contributed by atoms with Gasteiger partial charge < -0.3 is 23.9 Å². The molecule has 0 radical (unpaired) electrons. The zero-order chi connectivity index (χ0) is 20.3. The standard InChI is InChI=1S/C22H26N2O5/c1-2-27-21-14-19(15-23-29-16-18-6-4-3-5-7-18)8-9-20(21)28-17-22(25)24-10-12-26-13-11-24/h3-9,14-15H,2,10-13,16-17H2,1H3/b23-15+. The van der Waals surface area contributed by atoms with Crippen molar-refractivity contribution in [2.45, 2.75) is 13.5 Å². The highest BCUT2D eigenvalue weighted by Gasteiger charge is 2.18. The van der Waals surface area contributed by atoms with Crippen molar-refractivity contribution in [2.24, 2.45) is 5.16 Å². The molecule has 0 unspecified atom stereocenters. The zero-order valence-corrected chi connectivity index (χ0v) is 16.6. The minimum absolute atomic E-state index is 0.0340. The first kappa shape index (κ1) is 20.7.